The van der Waals surface area contributed by atoms with Crippen molar-refractivity contribution in [2.24, 2.45) is 0 Å². The van der Waals surface area contributed by atoms with Gasteiger partial charge in [-0.1, -0.05) is 66.2 Å². The average Bonchev–Trinajstić information content (AvgIpc) is 3.19. The summed E-state index contributed by atoms with van der Waals surface area (Å²) in [5.41, 5.74) is 1.92. The maximum absolute atomic E-state index is 6.84. The van der Waals surface area contributed by atoms with Crippen LogP contribution in [0.3, 0.4) is 0 Å². The van der Waals surface area contributed by atoms with E-state index in [9.17, 15) is 0 Å². The molecule has 0 aliphatic rings. The van der Waals surface area contributed by atoms with Crippen molar-refractivity contribution in [3.63, 3.8) is 0 Å². The van der Waals surface area contributed by atoms with Crippen LogP contribution in [0.25, 0.3) is 16.6 Å². The van der Waals surface area contributed by atoms with Gasteiger partial charge in [-0.15, -0.1) is 0 Å². The first-order chi connectivity index (χ1) is 12.7. The third-order valence-corrected chi connectivity index (χ3v) is 5.95. The van der Waals surface area contributed by atoms with E-state index in [2.05, 4.69) is 24.2 Å². The summed E-state index contributed by atoms with van der Waals surface area (Å²) in [4.78, 5) is 2.16. The molecule has 4 aromatic rings. The van der Waals surface area contributed by atoms with Crippen LogP contribution in [0.1, 0.15) is 13.3 Å². The van der Waals surface area contributed by atoms with Crippen molar-refractivity contribution in [3.05, 3.63) is 71.1 Å². The highest BCUT2D eigenvalue weighted by Gasteiger charge is 2.19. The van der Waals surface area contributed by atoms with Gasteiger partial charge in [-0.25, -0.2) is 0 Å². The Bertz CT molecular complexity index is 1050. The van der Waals surface area contributed by atoms with Crippen molar-refractivity contribution < 1.29 is 0 Å². The standard InChI is InChI=1S/C20H17Cl2N3S/c1-2-10-24-13-15(12-23-24)25-18-11-14(21)8-9-17(18)19(20(25)22)26-16-6-4-3-5-7-16/h3-9,11-13H,2,10H2,1H3. The van der Waals surface area contributed by atoms with Gasteiger partial charge >= 0.3 is 0 Å². The van der Waals surface area contributed by atoms with E-state index in [4.69, 9.17) is 23.2 Å². The zero-order chi connectivity index (χ0) is 18.1. The largest absolute Gasteiger partial charge is 0.296 e. The number of fused-ring (bicyclic) bond motifs is 1. The van der Waals surface area contributed by atoms with E-state index >= 15 is 0 Å². The lowest BCUT2D eigenvalue weighted by Gasteiger charge is -2.04. The Morgan fingerprint density at radius 3 is 2.65 bits per heavy atom. The molecule has 0 radical (unpaired) electrons. The molecule has 0 amide bonds. The van der Waals surface area contributed by atoms with Crippen LogP contribution in [0, 0.1) is 0 Å². The van der Waals surface area contributed by atoms with E-state index < -0.39 is 0 Å². The Hall–Kier alpha value is -1.88. The molecule has 0 bridgehead atoms. The van der Waals surface area contributed by atoms with Gasteiger partial charge in [0, 0.05) is 28.0 Å². The van der Waals surface area contributed by atoms with Crippen LogP contribution in [0.5, 0.6) is 0 Å². The minimum absolute atomic E-state index is 0.673. The van der Waals surface area contributed by atoms with Crippen LogP contribution in [0.4, 0.5) is 0 Å². The first-order valence-corrected chi connectivity index (χ1v) is 10.00. The smallest absolute Gasteiger partial charge is 0.128 e. The topological polar surface area (TPSA) is 22.8 Å². The van der Waals surface area contributed by atoms with E-state index in [1.807, 2.05) is 58.0 Å². The highest BCUT2D eigenvalue weighted by molar-refractivity contribution is 7.99. The molecule has 0 spiro atoms. The van der Waals surface area contributed by atoms with Gasteiger partial charge in [0.15, 0.2) is 0 Å². The normalized spacial score (nSPS) is 11.3. The van der Waals surface area contributed by atoms with Crippen LogP contribution in [0.2, 0.25) is 10.2 Å². The minimum atomic E-state index is 0.673. The van der Waals surface area contributed by atoms with Crippen molar-refractivity contribution in [1.29, 1.82) is 0 Å². The number of halogens is 2. The second-order valence-corrected chi connectivity index (χ2v) is 7.87. The van der Waals surface area contributed by atoms with Gasteiger partial charge in [-0.3, -0.25) is 9.25 Å². The average molecular weight is 402 g/mol. The fourth-order valence-corrected chi connectivity index (χ4v) is 4.54. The molecule has 3 nitrogen and oxygen atoms in total. The maximum Gasteiger partial charge on any atom is 0.128 e. The molecular weight excluding hydrogens is 385 g/mol. The molecule has 0 saturated carbocycles. The first-order valence-electron chi connectivity index (χ1n) is 8.42. The number of aryl methyl sites for hydroxylation is 1. The highest BCUT2D eigenvalue weighted by Crippen LogP contribution is 2.43. The van der Waals surface area contributed by atoms with Crippen LogP contribution < -0.4 is 0 Å². The lowest BCUT2D eigenvalue weighted by atomic mass is 10.2. The predicted molar refractivity (Wildman–Crippen MR) is 110 cm³/mol. The molecule has 0 fully saturated rings. The van der Waals surface area contributed by atoms with Crippen LogP contribution in [-0.4, -0.2) is 14.3 Å². The van der Waals surface area contributed by atoms with Crippen molar-refractivity contribution in [2.45, 2.75) is 29.7 Å². The Kier molecular flexibility index (Phi) is 4.98. The van der Waals surface area contributed by atoms with Gasteiger partial charge in [0.25, 0.3) is 0 Å². The van der Waals surface area contributed by atoms with Gasteiger partial charge in [-0.05, 0) is 30.7 Å². The van der Waals surface area contributed by atoms with Crippen molar-refractivity contribution in [1.82, 2.24) is 14.3 Å². The van der Waals surface area contributed by atoms with Gasteiger partial charge < -0.3 is 0 Å². The van der Waals surface area contributed by atoms with Crippen LogP contribution in [-0.2, 0) is 6.54 Å². The molecule has 2 aromatic heterocycles. The van der Waals surface area contributed by atoms with E-state index in [1.165, 1.54) is 0 Å². The second-order valence-electron chi connectivity index (χ2n) is 5.99. The molecule has 4 rings (SSSR count). The number of rotatable bonds is 5. The first kappa shape index (κ1) is 17.5. The molecule has 0 aliphatic heterocycles. The molecule has 132 valence electrons. The van der Waals surface area contributed by atoms with Gasteiger partial charge in [0.05, 0.1) is 22.3 Å². The van der Waals surface area contributed by atoms with E-state index in [0.29, 0.717) is 10.2 Å². The quantitative estimate of drug-likeness (QED) is 0.371. The van der Waals surface area contributed by atoms with Crippen molar-refractivity contribution in [3.8, 4) is 5.69 Å². The molecule has 2 heterocycles. The van der Waals surface area contributed by atoms with Crippen molar-refractivity contribution >= 4 is 45.9 Å². The minimum Gasteiger partial charge on any atom is -0.296 e. The summed E-state index contributed by atoms with van der Waals surface area (Å²) in [6, 6.07) is 16.1. The van der Waals surface area contributed by atoms with Gasteiger partial charge in [0.1, 0.15) is 5.15 Å². The summed E-state index contributed by atoms with van der Waals surface area (Å²) in [7, 11) is 0. The fourth-order valence-electron chi connectivity index (χ4n) is 2.98. The Labute approximate surface area is 166 Å². The molecule has 0 unspecified atom stereocenters. The van der Waals surface area contributed by atoms with E-state index in [0.717, 1.165) is 39.3 Å². The number of benzene rings is 2. The third-order valence-electron chi connectivity index (χ3n) is 4.12. The molecule has 0 saturated heterocycles. The molecule has 2 aromatic carbocycles. The lowest BCUT2D eigenvalue weighted by molar-refractivity contribution is 0.602. The molecule has 0 atom stereocenters. The van der Waals surface area contributed by atoms with Crippen LogP contribution >= 0.6 is 35.0 Å². The number of hydrogen-bond donors (Lipinski definition) is 0. The summed E-state index contributed by atoms with van der Waals surface area (Å²) in [5.74, 6) is 0. The number of aromatic nitrogens is 3. The molecule has 0 N–H and O–H groups in total. The molecule has 0 aliphatic carbocycles. The second kappa shape index (κ2) is 7.39. The predicted octanol–water partition coefficient (Wildman–Crippen LogP) is 6.70. The van der Waals surface area contributed by atoms with E-state index in [1.54, 1.807) is 11.8 Å². The monoisotopic (exact) mass is 401 g/mol. The van der Waals surface area contributed by atoms with Gasteiger partial charge in [-0.2, -0.15) is 5.10 Å². The SMILES string of the molecule is CCCn1cc(-n2c(Cl)c(Sc3ccccc3)c3ccc(Cl)cc32)cn1. The van der Waals surface area contributed by atoms with Crippen molar-refractivity contribution in [2.75, 3.05) is 0 Å². The Morgan fingerprint density at radius 1 is 1.08 bits per heavy atom. The fraction of sp³-hybridized carbons (Fsp3) is 0.150. The Morgan fingerprint density at radius 2 is 1.88 bits per heavy atom. The summed E-state index contributed by atoms with van der Waals surface area (Å²) in [5, 5.41) is 6.88. The summed E-state index contributed by atoms with van der Waals surface area (Å²) in [6.07, 6.45) is 4.90. The van der Waals surface area contributed by atoms with Crippen LogP contribution in [0.15, 0.2) is 70.7 Å². The third kappa shape index (κ3) is 3.25. The molecule has 26 heavy (non-hydrogen) atoms. The number of hydrogen-bond acceptors (Lipinski definition) is 2. The number of nitrogens with zero attached hydrogens (tertiary/aromatic N) is 3. The summed E-state index contributed by atoms with van der Waals surface area (Å²) >= 11 is 14.8. The van der Waals surface area contributed by atoms with E-state index in [-0.39, 0.29) is 0 Å². The summed E-state index contributed by atoms with van der Waals surface area (Å²) in [6.45, 7) is 3.01. The molecule has 6 heteroatoms. The maximum atomic E-state index is 6.84. The Balaban J connectivity index is 1.89. The highest BCUT2D eigenvalue weighted by atomic mass is 35.5. The lowest BCUT2D eigenvalue weighted by Crippen LogP contribution is -1.96. The zero-order valence-corrected chi connectivity index (χ0v) is 16.5. The van der Waals surface area contributed by atoms with Gasteiger partial charge in [0.2, 0.25) is 0 Å². The summed E-state index contributed by atoms with van der Waals surface area (Å²) < 4.78 is 3.96. The zero-order valence-electron chi connectivity index (χ0n) is 14.2. The molecular formula is C20H17Cl2N3S.